The number of methoxy groups -OCH3 is 1. The van der Waals surface area contributed by atoms with Crippen molar-refractivity contribution in [2.45, 2.75) is 97.1 Å². The number of hydrogen-bond acceptors (Lipinski definition) is 5. The lowest BCUT2D eigenvalue weighted by Gasteiger charge is -2.30. The summed E-state index contributed by atoms with van der Waals surface area (Å²) in [5.74, 6) is 0.590. The van der Waals surface area contributed by atoms with Crippen LogP contribution < -0.4 is 10.6 Å². The molecule has 1 saturated carbocycles. The summed E-state index contributed by atoms with van der Waals surface area (Å²) in [6.07, 6.45) is 13.0. The van der Waals surface area contributed by atoms with Crippen molar-refractivity contribution in [3.05, 3.63) is 0 Å². The van der Waals surface area contributed by atoms with Gasteiger partial charge in [-0.3, -0.25) is 9.59 Å². The maximum absolute atomic E-state index is 12.9. The minimum atomic E-state index is -0.714. The SMILES string of the molecule is CCCCCCC1CCC(C(=O)N[C@@H](CCSC)C(=O)N[C@@H](C(=O)OC)C(C)C)CC1. The molecule has 1 aliphatic carbocycles. The highest BCUT2D eigenvalue weighted by atomic mass is 32.2. The first-order chi connectivity index (χ1) is 14.8. The van der Waals surface area contributed by atoms with Gasteiger partial charge in [0.05, 0.1) is 7.11 Å². The van der Waals surface area contributed by atoms with Crippen LogP contribution in [0.15, 0.2) is 0 Å². The third-order valence-electron chi connectivity index (χ3n) is 6.35. The zero-order valence-electron chi connectivity index (χ0n) is 20.2. The molecule has 1 aliphatic rings. The van der Waals surface area contributed by atoms with E-state index >= 15 is 0 Å². The van der Waals surface area contributed by atoms with Crippen LogP contribution in [-0.2, 0) is 19.1 Å². The fourth-order valence-electron chi connectivity index (χ4n) is 4.25. The highest BCUT2D eigenvalue weighted by molar-refractivity contribution is 7.98. The van der Waals surface area contributed by atoms with Gasteiger partial charge in [0.25, 0.3) is 0 Å². The predicted molar refractivity (Wildman–Crippen MR) is 128 cm³/mol. The lowest BCUT2D eigenvalue weighted by molar-refractivity contribution is -0.146. The largest absolute Gasteiger partial charge is 0.467 e. The molecule has 6 nitrogen and oxygen atoms in total. The molecule has 0 heterocycles. The number of unbranched alkanes of at least 4 members (excludes halogenated alkanes) is 3. The van der Waals surface area contributed by atoms with Gasteiger partial charge in [-0.1, -0.05) is 52.9 Å². The molecule has 0 aromatic rings. The highest BCUT2D eigenvalue weighted by Gasteiger charge is 2.32. The van der Waals surface area contributed by atoms with Crippen LogP contribution in [0.3, 0.4) is 0 Å². The quantitative estimate of drug-likeness (QED) is 0.300. The molecule has 2 N–H and O–H groups in total. The molecule has 0 unspecified atom stereocenters. The minimum Gasteiger partial charge on any atom is -0.467 e. The minimum absolute atomic E-state index is 0.0158. The Kier molecular flexibility index (Phi) is 13.9. The van der Waals surface area contributed by atoms with Crippen molar-refractivity contribution < 1.29 is 19.1 Å². The van der Waals surface area contributed by atoms with E-state index in [2.05, 4.69) is 17.6 Å². The number of nitrogens with one attached hydrogen (secondary N) is 2. The van der Waals surface area contributed by atoms with Crippen LogP contribution in [0.2, 0.25) is 0 Å². The summed E-state index contributed by atoms with van der Waals surface area (Å²) in [4.78, 5) is 37.8. The summed E-state index contributed by atoms with van der Waals surface area (Å²) in [6.45, 7) is 5.95. The van der Waals surface area contributed by atoms with Gasteiger partial charge in [0.1, 0.15) is 12.1 Å². The third kappa shape index (κ3) is 10.3. The summed E-state index contributed by atoms with van der Waals surface area (Å²) in [5, 5.41) is 5.77. The van der Waals surface area contributed by atoms with Gasteiger partial charge in [-0.15, -0.1) is 0 Å². The Hall–Kier alpha value is -1.24. The summed E-state index contributed by atoms with van der Waals surface area (Å²) < 4.78 is 4.82. The van der Waals surface area contributed by atoms with E-state index < -0.39 is 18.1 Å². The second-order valence-corrected chi connectivity index (χ2v) is 10.1. The van der Waals surface area contributed by atoms with Crippen molar-refractivity contribution in [1.82, 2.24) is 10.6 Å². The first kappa shape index (κ1) is 27.8. The topological polar surface area (TPSA) is 84.5 Å². The molecule has 1 fully saturated rings. The molecule has 0 aromatic carbocycles. The van der Waals surface area contributed by atoms with E-state index in [1.54, 1.807) is 11.8 Å². The molecule has 31 heavy (non-hydrogen) atoms. The van der Waals surface area contributed by atoms with Crippen LogP contribution in [0, 0.1) is 17.8 Å². The van der Waals surface area contributed by atoms with Crippen molar-refractivity contribution in [2.24, 2.45) is 17.8 Å². The maximum atomic E-state index is 12.9. The average molecular weight is 457 g/mol. The Balaban J connectivity index is 2.59. The summed E-state index contributed by atoms with van der Waals surface area (Å²) in [6, 6.07) is -1.34. The number of carbonyl (C=O) groups excluding carboxylic acids is 3. The number of hydrogen-bond donors (Lipinski definition) is 2. The number of ether oxygens (including phenoxy) is 1. The molecule has 0 saturated heterocycles. The van der Waals surface area contributed by atoms with Gasteiger partial charge in [0.15, 0.2) is 0 Å². The van der Waals surface area contributed by atoms with Gasteiger partial charge < -0.3 is 15.4 Å². The molecule has 7 heteroatoms. The molecule has 2 atom stereocenters. The van der Waals surface area contributed by atoms with E-state index in [4.69, 9.17) is 4.74 Å². The van der Waals surface area contributed by atoms with Crippen LogP contribution in [0.25, 0.3) is 0 Å². The average Bonchev–Trinajstić information content (AvgIpc) is 2.77. The Bertz CT molecular complexity index is 548. The number of thioether (sulfide) groups is 1. The first-order valence-electron chi connectivity index (χ1n) is 12.0. The smallest absolute Gasteiger partial charge is 0.328 e. The van der Waals surface area contributed by atoms with Crippen molar-refractivity contribution in [3.8, 4) is 0 Å². The van der Waals surface area contributed by atoms with Crippen molar-refractivity contribution in [2.75, 3.05) is 19.1 Å². The third-order valence-corrected chi connectivity index (χ3v) is 6.99. The Morgan fingerprint density at radius 1 is 1.03 bits per heavy atom. The van der Waals surface area contributed by atoms with Crippen molar-refractivity contribution in [1.29, 1.82) is 0 Å². The van der Waals surface area contributed by atoms with E-state index in [0.717, 1.165) is 37.4 Å². The summed E-state index contributed by atoms with van der Waals surface area (Å²) in [5.41, 5.74) is 0. The van der Waals surface area contributed by atoms with Crippen LogP contribution in [0.4, 0.5) is 0 Å². The van der Waals surface area contributed by atoms with Gasteiger partial charge >= 0.3 is 5.97 Å². The maximum Gasteiger partial charge on any atom is 0.328 e. The fraction of sp³-hybridized carbons (Fsp3) is 0.875. The standard InChI is InChI=1S/C24H44N2O4S/c1-6-7-8-9-10-18-11-13-19(14-12-18)22(27)25-20(15-16-31-5)23(28)26-21(17(2)3)24(29)30-4/h17-21H,6-16H2,1-5H3,(H,25,27)(H,26,28)/t18?,19?,20-,21+/m0/s1. The number of carbonyl (C=O) groups is 3. The fourth-order valence-corrected chi connectivity index (χ4v) is 4.72. The van der Waals surface area contributed by atoms with Crippen molar-refractivity contribution in [3.63, 3.8) is 0 Å². The lowest BCUT2D eigenvalue weighted by Crippen LogP contribution is -2.54. The van der Waals surface area contributed by atoms with E-state index in [1.165, 1.54) is 39.2 Å². The van der Waals surface area contributed by atoms with Crippen LogP contribution in [-0.4, -0.2) is 49.0 Å². The molecule has 180 valence electrons. The molecule has 0 bridgehead atoms. The van der Waals surface area contributed by atoms with Gasteiger partial charge in [-0.2, -0.15) is 11.8 Å². The zero-order valence-corrected chi connectivity index (χ0v) is 21.0. The normalized spacial score (nSPS) is 20.7. The predicted octanol–water partition coefficient (Wildman–Crippen LogP) is 4.31. The molecule has 0 spiro atoms. The summed E-state index contributed by atoms with van der Waals surface area (Å²) >= 11 is 1.63. The second-order valence-electron chi connectivity index (χ2n) is 9.16. The van der Waals surface area contributed by atoms with E-state index in [1.807, 2.05) is 20.1 Å². The molecule has 0 radical (unpaired) electrons. The Morgan fingerprint density at radius 3 is 2.26 bits per heavy atom. The molecule has 0 aliphatic heterocycles. The molecular formula is C24H44N2O4S. The van der Waals surface area contributed by atoms with E-state index in [0.29, 0.717) is 6.42 Å². The Morgan fingerprint density at radius 2 is 1.71 bits per heavy atom. The van der Waals surface area contributed by atoms with Crippen LogP contribution >= 0.6 is 11.8 Å². The number of amides is 2. The molecule has 0 aromatic heterocycles. The second kappa shape index (κ2) is 15.5. The van der Waals surface area contributed by atoms with Gasteiger partial charge in [0.2, 0.25) is 11.8 Å². The number of rotatable bonds is 14. The van der Waals surface area contributed by atoms with Crippen LogP contribution in [0.1, 0.15) is 85.0 Å². The highest BCUT2D eigenvalue weighted by Crippen LogP contribution is 2.32. The van der Waals surface area contributed by atoms with E-state index in [-0.39, 0.29) is 23.7 Å². The van der Waals surface area contributed by atoms with Gasteiger partial charge in [0, 0.05) is 5.92 Å². The van der Waals surface area contributed by atoms with Gasteiger partial charge in [-0.25, -0.2) is 4.79 Å². The zero-order chi connectivity index (χ0) is 23.2. The molecule has 1 rings (SSSR count). The molecule has 2 amide bonds. The van der Waals surface area contributed by atoms with E-state index in [9.17, 15) is 14.4 Å². The lowest BCUT2D eigenvalue weighted by atomic mass is 9.79. The van der Waals surface area contributed by atoms with Gasteiger partial charge in [-0.05, 0) is 55.9 Å². The van der Waals surface area contributed by atoms with Crippen LogP contribution in [0.5, 0.6) is 0 Å². The monoisotopic (exact) mass is 456 g/mol. The Labute approximate surface area is 193 Å². The molecular weight excluding hydrogens is 412 g/mol. The van der Waals surface area contributed by atoms with Crippen molar-refractivity contribution >= 4 is 29.5 Å². The number of esters is 1. The first-order valence-corrected chi connectivity index (χ1v) is 13.4. The summed E-state index contributed by atoms with van der Waals surface area (Å²) in [7, 11) is 1.32.